The molecule has 0 spiro atoms. The third kappa shape index (κ3) is 12.3. The van der Waals surface area contributed by atoms with Crippen LogP contribution in [0.25, 0.3) is 37.7 Å². The Bertz CT molecular complexity index is 4240. The van der Waals surface area contributed by atoms with Gasteiger partial charge in [-0.25, -0.2) is 9.97 Å². The first kappa shape index (κ1) is 54.3. The van der Waals surface area contributed by atoms with Gasteiger partial charge in [-0.05, 0) is 110 Å². The second kappa shape index (κ2) is 21.0. The first-order valence-corrected chi connectivity index (χ1v) is 29.5. The van der Waals surface area contributed by atoms with Crippen molar-refractivity contribution in [1.82, 2.24) is 14.4 Å². The van der Waals surface area contributed by atoms with Gasteiger partial charge in [0.2, 0.25) is 11.0 Å². The molecule has 1 amide bonds. The van der Waals surface area contributed by atoms with E-state index < -0.39 is 73.6 Å². The Hall–Kier alpha value is -6.94. The first-order chi connectivity index (χ1) is 35.2. The molecular formula is C44H40N10O15S6. The van der Waals surface area contributed by atoms with E-state index in [0.29, 0.717) is 27.1 Å². The second-order valence-electron chi connectivity index (χ2n) is 16.5. The summed E-state index contributed by atoms with van der Waals surface area (Å²) in [4.78, 5) is 20.9. The van der Waals surface area contributed by atoms with Crippen LogP contribution < -0.4 is 10.5 Å². The summed E-state index contributed by atoms with van der Waals surface area (Å²) >= 11 is 1.95. The molecule has 8 aromatic rings. The summed E-state index contributed by atoms with van der Waals surface area (Å²) < 4.78 is 141. The zero-order valence-corrected chi connectivity index (χ0v) is 43.9. The quantitative estimate of drug-likeness (QED) is 0.0190. The Morgan fingerprint density at radius 3 is 2.05 bits per heavy atom. The molecule has 5 aromatic carbocycles. The molecule has 0 aliphatic rings. The number of azo groups is 3. The van der Waals surface area contributed by atoms with Gasteiger partial charge in [-0.15, -0.1) is 37.3 Å². The fraction of sp³-hybridized carbons (Fsp3) is 0.205. The summed E-state index contributed by atoms with van der Waals surface area (Å²) in [6.45, 7) is 4.58. The summed E-state index contributed by atoms with van der Waals surface area (Å²) in [5.74, 6) is -2.26. The Balaban J connectivity index is 1.17. The van der Waals surface area contributed by atoms with Crippen molar-refractivity contribution in [3.05, 3.63) is 95.1 Å². The van der Waals surface area contributed by atoms with Gasteiger partial charge in [-0.2, -0.15) is 38.8 Å². The number of carbonyl (C=O) groups is 1. The van der Waals surface area contributed by atoms with Crippen LogP contribution in [0.1, 0.15) is 39.9 Å². The minimum Gasteiger partial charge on any atom is -0.493 e. The van der Waals surface area contributed by atoms with E-state index in [1.54, 1.807) is 50.2 Å². The van der Waals surface area contributed by atoms with Crippen LogP contribution in [0.5, 0.6) is 11.6 Å². The van der Waals surface area contributed by atoms with Crippen LogP contribution in [0.4, 0.5) is 33.6 Å². The number of primary amides is 1. The number of thiazole rings is 1. The van der Waals surface area contributed by atoms with Gasteiger partial charge in [-0.3, -0.25) is 27.4 Å². The van der Waals surface area contributed by atoms with Crippen LogP contribution >= 0.6 is 23.1 Å². The number of para-hydroxylation sites is 2. The van der Waals surface area contributed by atoms with Crippen molar-refractivity contribution < 1.29 is 66.5 Å². The minimum atomic E-state index is -4.86. The van der Waals surface area contributed by atoms with Gasteiger partial charge in [0.25, 0.3) is 46.4 Å². The topological polar surface area (TPSA) is 394 Å². The molecule has 0 aliphatic heterocycles. The third-order valence-electron chi connectivity index (χ3n) is 11.1. The van der Waals surface area contributed by atoms with Gasteiger partial charge in [0, 0.05) is 16.3 Å². The minimum absolute atomic E-state index is 0.00670. The van der Waals surface area contributed by atoms with Crippen LogP contribution in [0.15, 0.2) is 118 Å². The summed E-state index contributed by atoms with van der Waals surface area (Å²) in [7, 11) is -18.2. The normalized spacial score (nSPS) is 13.0. The van der Waals surface area contributed by atoms with Crippen LogP contribution in [0.3, 0.4) is 0 Å². The molecule has 392 valence electrons. The highest BCUT2D eigenvalue weighted by atomic mass is 32.2. The molecule has 8 rings (SSSR count). The van der Waals surface area contributed by atoms with Crippen molar-refractivity contribution in [2.24, 2.45) is 36.4 Å². The molecular weight excluding hydrogens is 1100 g/mol. The van der Waals surface area contributed by atoms with Gasteiger partial charge < -0.3 is 15.6 Å². The number of rotatable bonds is 19. The average Bonchev–Trinajstić information content (AvgIpc) is 3.92. The molecule has 3 heterocycles. The number of ether oxygens (including phenoxy) is 1. The monoisotopic (exact) mass is 1140 g/mol. The Labute approximate surface area is 434 Å². The van der Waals surface area contributed by atoms with E-state index >= 15 is 0 Å². The van der Waals surface area contributed by atoms with Gasteiger partial charge in [0.15, 0.2) is 5.65 Å². The molecule has 75 heavy (non-hydrogen) atoms. The first-order valence-electron chi connectivity index (χ1n) is 21.6. The van der Waals surface area contributed by atoms with Gasteiger partial charge >= 0.3 is 0 Å². The second-order valence-corrected chi connectivity index (χ2v) is 24.5. The summed E-state index contributed by atoms with van der Waals surface area (Å²) in [5.41, 5.74) is 8.24. The van der Waals surface area contributed by atoms with E-state index in [4.69, 9.17) is 10.5 Å². The van der Waals surface area contributed by atoms with Crippen molar-refractivity contribution >= 4 is 141 Å². The maximum Gasteiger partial charge on any atom is 0.296 e. The number of carbonyl (C=O) groups excluding carboxylic acids is 1. The Kier molecular flexibility index (Phi) is 15.2. The molecule has 0 atom stereocenters. The van der Waals surface area contributed by atoms with E-state index in [1.165, 1.54) is 29.5 Å². The van der Waals surface area contributed by atoms with E-state index in [0.717, 1.165) is 41.3 Å². The number of fused-ring (bicyclic) bond motifs is 6. The number of amides is 1. The van der Waals surface area contributed by atoms with Crippen LogP contribution in [-0.2, 0) is 40.5 Å². The lowest BCUT2D eigenvalue weighted by Crippen LogP contribution is -2.15. The zero-order chi connectivity index (χ0) is 54.4. The number of thioether (sulfide) groups is 1. The number of hydrogen-bond donors (Lipinski definition) is 6. The van der Waals surface area contributed by atoms with Crippen LogP contribution in [0, 0.1) is 20.8 Å². The molecule has 0 saturated heterocycles. The maximum atomic E-state index is 12.8. The molecule has 0 radical (unpaired) electrons. The number of nitrogens with two attached hydrogens (primary N) is 1. The molecule has 0 fully saturated rings. The van der Waals surface area contributed by atoms with Crippen LogP contribution in [0.2, 0.25) is 0 Å². The molecule has 0 aliphatic carbocycles. The summed E-state index contributed by atoms with van der Waals surface area (Å²) in [6, 6.07) is 17.4. The zero-order valence-electron chi connectivity index (χ0n) is 39.0. The predicted octanol–water partition coefficient (Wildman–Crippen LogP) is 9.75. The number of imidazole rings is 1. The fourth-order valence-corrected chi connectivity index (χ4v) is 11.9. The number of benzene rings is 5. The maximum absolute atomic E-state index is 12.8. The predicted molar refractivity (Wildman–Crippen MR) is 278 cm³/mol. The SMILES string of the molecule is Cc1cc(N=Nc2cc(OCCCS(=O)(=O)O)c(N=Nc3c(C)c(C(N)=O)c4nc5ccccc5n4c3O)cc2C)c(SCCCS(=O)(=O)O)cc1N=Nc1nc2c(S(=O)(=O)O)cc3ccc(S(=O)(=O)O)cc3c2s1. The number of hydrogen-bond acceptors (Lipinski definition) is 21. The van der Waals surface area contributed by atoms with Crippen molar-refractivity contribution in [3.8, 4) is 11.6 Å². The fourth-order valence-electron chi connectivity index (χ4n) is 7.59. The standard InChI is InChI=1S/C44H40N10O15S6/c1-22-16-31(50-52-38-24(3)37(41(45)55)42-46-28-8-4-5-9-33(28)54(42)43(38)56)34(69-12-6-14-72(57,58)59)20-29(22)48-51-32-17-23(2)30(21-35(32)70-13-7-15-73(60,61)62)49-53-44-47-39-36(75(66,67)68)18-25-10-11-26(74(63,64)65)19-27(25)40(39)71-44/h4-5,8-11,16-21,56H,6-7,12-15H2,1-3H3,(H2,45,55)(H,57,58,59)(H,60,61,62)(H,63,64,65)(H,66,67,68). The highest BCUT2D eigenvalue weighted by molar-refractivity contribution is 7.99. The summed E-state index contributed by atoms with van der Waals surface area (Å²) in [5, 5.41) is 38.0. The molecule has 0 saturated carbocycles. The van der Waals surface area contributed by atoms with Gasteiger partial charge in [0.05, 0.1) is 61.4 Å². The lowest BCUT2D eigenvalue weighted by atomic mass is 10.1. The molecule has 0 bridgehead atoms. The van der Waals surface area contributed by atoms with Gasteiger partial charge in [-0.1, -0.05) is 29.5 Å². The van der Waals surface area contributed by atoms with E-state index in [2.05, 4.69) is 40.7 Å². The van der Waals surface area contributed by atoms with E-state index in [9.17, 15) is 61.8 Å². The van der Waals surface area contributed by atoms with E-state index in [1.807, 2.05) is 0 Å². The van der Waals surface area contributed by atoms with Crippen molar-refractivity contribution in [1.29, 1.82) is 0 Å². The summed E-state index contributed by atoms with van der Waals surface area (Å²) in [6.07, 6.45) is -0.131. The number of nitrogens with zero attached hydrogens (tertiary/aromatic N) is 9. The lowest BCUT2D eigenvalue weighted by molar-refractivity contribution is 0.100. The van der Waals surface area contributed by atoms with Gasteiger partial charge in [0.1, 0.15) is 27.5 Å². The van der Waals surface area contributed by atoms with Crippen molar-refractivity contribution in [2.75, 3.05) is 23.9 Å². The number of aromatic nitrogens is 3. The average molecular weight is 1140 g/mol. The largest absolute Gasteiger partial charge is 0.493 e. The molecule has 7 N–H and O–H groups in total. The highest BCUT2D eigenvalue weighted by Crippen LogP contribution is 2.44. The molecule has 31 heteroatoms. The Morgan fingerprint density at radius 1 is 0.733 bits per heavy atom. The highest BCUT2D eigenvalue weighted by Gasteiger charge is 2.25. The number of aromatic hydroxyl groups is 1. The molecule has 0 unspecified atom stereocenters. The smallest absolute Gasteiger partial charge is 0.296 e. The van der Waals surface area contributed by atoms with Crippen molar-refractivity contribution in [3.63, 3.8) is 0 Å². The number of pyridine rings is 1. The van der Waals surface area contributed by atoms with E-state index in [-0.39, 0.29) is 102 Å². The molecule has 25 nitrogen and oxygen atoms in total. The molecule has 3 aromatic heterocycles. The third-order valence-corrected chi connectivity index (χ3v) is 16.5. The van der Waals surface area contributed by atoms with Crippen molar-refractivity contribution in [2.45, 2.75) is 48.3 Å². The lowest BCUT2D eigenvalue weighted by Gasteiger charge is -2.13. The van der Waals surface area contributed by atoms with Crippen LogP contribution in [-0.4, -0.2) is 101 Å². The number of aryl methyl sites for hydroxylation is 2. The Morgan fingerprint density at radius 2 is 1.37 bits per heavy atom.